The highest BCUT2D eigenvalue weighted by Crippen LogP contribution is 2.31. The molecule has 16 heavy (non-hydrogen) atoms. The van der Waals surface area contributed by atoms with Gasteiger partial charge < -0.3 is 0 Å². The van der Waals surface area contributed by atoms with E-state index in [2.05, 4.69) is 52.5 Å². The first-order valence-electron chi connectivity index (χ1n) is 6.66. The van der Waals surface area contributed by atoms with E-state index in [0.717, 1.165) is 6.54 Å². The van der Waals surface area contributed by atoms with Crippen LogP contribution in [-0.4, -0.2) is 23.5 Å². The van der Waals surface area contributed by atoms with Gasteiger partial charge in [0.25, 0.3) is 0 Å². The molecule has 0 radical (unpaired) electrons. The molecule has 0 fully saturated rings. The van der Waals surface area contributed by atoms with Crippen LogP contribution in [0.25, 0.3) is 0 Å². The summed E-state index contributed by atoms with van der Waals surface area (Å²) in [5.74, 6) is 0. The fraction of sp³-hybridized carbons (Fsp3) is 0.867. The summed E-state index contributed by atoms with van der Waals surface area (Å²) in [5, 5.41) is 0. The normalized spacial score (nSPS) is 18.6. The van der Waals surface area contributed by atoms with Crippen molar-refractivity contribution in [2.75, 3.05) is 13.1 Å². The molecule has 0 saturated heterocycles. The first kappa shape index (κ1) is 15.7. The predicted octanol–water partition coefficient (Wildman–Crippen LogP) is 4.49. The van der Waals surface area contributed by atoms with Gasteiger partial charge in [0.2, 0.25) is 0 Å². The molecule has 0 saturated carbocycles. The lowest BCUT2D eigenvalue weighted by Gasteiger charge is -2.39. The SMILES string of the molecule is CC.CC(C)(C)C1=CCN(C(C)(C)C)CC1. The van der Waals surface area contributed by atoms with Gasteiger partial charge in [-0.15, -0.1) is 0 Å². The Morgan fingerprint density at radius 1 is 1.00 bits per heavy atom. The molecule has 1 nitrogen and oxygen atoms in total. The van der Waals surface area contributed by atoms with Crippen LogP contribution in [0.4, 0.5) is 0 Å². The third kappa shape index (κ3) is 4.69. The minimum atomic E-state index is 0.319. The van der Waals surface area contributed by atoms with E-state index in [0.29, 0.717) is 11.0 Å². The molecule has 1 heteroatoms. The largest absolute Gasteiger partial charge is 0.295 e. The molecule has 1 aliphatic rings. The maximum Gasteiger partial charge on any atom is 0.0171 e. The molecule has 1 rings (SSSR count). The van der Waals surface area contributed by atoms with Crippen LogP contribution in [0.3, 0.4) is 0 Å². The zero-order valence-electron chi connectivity index (χ0n) is 12.6. The Hall–Kier alpha value is -0.300. The average molecular weight is 225 g/mol. The number of hydrogen-bond donors (Lipinski definition) is 0. The Labute approximate surface area is 103 Å². The first-order chi connectivity index (χ1) is 7.21. The number of rotatable bonds is 0. The van der Waals surface area contributed by atoms with Gasteiger partial charge in [0.1, 0.15) is 0 Å². The van der Waals surface area contributed by atoms with Crippen molar-refractivity contribution in [1.29, 1.82) is 0 Å². The molecule has 0 aromatic carbocycles. The number of nitrogens with zero attached hydrogens (tertiary/aromatic N) is 1. The van der Waals surface area contributed by atoms with Crippen molar-refractivity contribution < 1.29 is 0 Å². The van der Waals surface area contributed by atoms with E-state index in [1.165, 1.54) is 13.0 Å². The minimum absolute atomic E-state index is 0.319. The summed E-state index contributed by atoms with van der Waals surface area (Å²) in [6.07, 6.45) is 3.66. The summed E-state index contributed by atoms with van der Waals surface area (Å²) >= 11 is 0. The van der Waals surface area contributed by atoms with Crippen LogP contribution in [0.15, 0.2) is 11.6 Å². The van der Waals surface area contributed by atoms with Crippen LogP contribution in [0.1, 0.15) is 61.8 Å². The van der Waals surface area contributed by atoms with E-state index in [-0.39, 0.29) is 0 Å². The fourth-order valence-corrected chi connectivity index (χ4v) is 1.96. The molecule has 0 atom stereocenters. The molecular formula is C15H31N. The standard InChI is InChI=1S/C13H25N.C2H6/c1-12(2,3)11-7-9-14(10-8-11)13(4,5)6;1-2/h7H,8-10H2,1-6H3;1-2H3. The maximum atomic E-state index is 2.54. The second-order valence-corrected chi connectivity index (χ2v) is 6.35. The van der Waals surface area contributed by atoms with E-state index in [1.807, 2.05) is 13.8 Å². The summed E-state index contributed by atoms with van der Waals surface area (Å²) in [6, 6.07) is 0. The lowest BCUT2D eigenvalue weighted by molar-refractivity contribution is 0.144. The topological polar surface area (TPSA) is 3.24 Å². The fourth-order valence-electron chi connectivity index (χ4n) is 1.96. The van der Waals surface area contributed by atoms with Crippen molar-refractivity contribution in [3.63, 3.8) is 0 Å². The van der Waals surface area contributed by atoms with Gasteiger partial charge >= 0.3 is 0 Å². The van der Waals surface area contributed by atoms with Gasteiger partial charge in [-0.25, -0.2) is 0 Å². The van der Waals surface area contributed by atoms with Gasteiger partial charge in [0, 0.05) is 18.6 Å². The van der Waals surface area contributed by atoms with Gasteiger partial charge in [-0.2, -0.15) is 0 Å². The summed E-state index contributed by atoms with van der Waals surface area (Å²) in [5.41, 5.74) is 2.31. The molecule has 0 aromatic rings. The second-order valence-electron chi connectivity index (χ2n) is 6.35. The van der Waals surface area contributed by atoms with E-state index in [4.69, 9.17) is 0 Å². The Kier molecular flexibility index (Phi) is 5.75. The van der Waals surface area contributed by atoms with E-state index < -0.39 is 0 Å². The highest BCUT2D eigenvalue weighted by atomic mass is 15.2. The van der Waals surface area contributed by atoms with Crippen LogP contribution >= 0.6 is 0 Å². The van der Waals surface area contributed by atoms with E-state index in [9.17, 15) is 0 Å². The summed E-state index contributed by atoms with van der Waals surface area (Å²) in [4.78, 5) is 2.54. The predicted molar refractivity (Wildman–Crippen MR) is 74.8 cm³/mol. The Morgan fingerprint density at radius 3 is 1.75 bits per heavy atom. The third-order valence-electron chi connectivity index (χ3n) is 3.12. The molecule has 0 amide bonds. The molecule has 0 spiro atoms. The van der Waals surface area contributed by atoms with E-state index >= 15 is 0 Å². The summed E-state index contributed by atoms with van der Waals surface area (Å²) < 4.78 is 0. The molecule has 0 aromatic heterocycles. The first-order valence-corrected chi connectivity index (χ1v) is 6.66. The van der Waals surface area contributed by atoms with Gasteiger partial charge in [-0.3, -0.25) is 4.90 Å². The molecule has 0 bridgehead atoms. The van der Waals surface area contributed by atoms with Crippen molar-refractivity contribution >= 4 is 0 Å². The summed E-state index contributed by atoms with van der Waals surface area (Å²) in [6.45, 7) is 20.2. The Bertz CT molecular complexity index is 225. The van der Waals surface area contributed by atoms with Crippen LogP contribution in [0.2, 0.25) is 0 Å². The van der Waals surface area contributed by atoms with Gasteiger partial charge in [-0.05, 0) is 32.6 Å². The highest BCUT2D eigenvalue weighted by Gasteiger charge is 2.26. The van der Waals surface area contributed by atoms with Crippen LogP contribution in [0.5, 0.6) is 0 Å². The van der Waals surface area contributed by atoms with Gasteiger partial charge in [0.05, 0.1) is 0 Å². The zero-order chi connectivity index (χ0) is 13.0. The van der Waals surface area contributed by atoms with Crippen LogP contribution in [0, 0.1) is 5.41 Å². The lowest BCUT2D eigenvalue weighted by atomic mass is 9.82. The van der Waals surface area contributed by atoms with Gasteiger partial charge in [0.15, 0.2) is 0 Å². The molecular weight excluding hydrogens is 194 g/mol. The monoisotopic (exact) mass is 225 g/mol. The van der Waals surface area contributed by atoms with Crippen molar-refractivity contribution in [1.82, 2.24) is 4.90 Å². The minimum Gasteiger partial charge on any atom is -0.295 e. The van der Waals surface area contributed by atoms with Crippen molar-refractivity contribution in [3.05, 3.63) is 11.6 Å². The molecule has 1 aliphatic heterocycles. The Balaban J connectivity index is 0.00000106. The van der Waals surface area contributed by atoms with E-state index in [1.54, 1.807) is 5.57 Å². The highest BCUT2D eigenvalue weighted by molar-refractivity contribution is 5.15. The smallest absolute Gasteiger partial charge is 0.0171 e. The summed E-state index contributed by atoms with van der Waals surface area (Å²) in [7, 11) is 0. The molecule has 1 heterocycles. The van der Waals surface area contributed by atoms with Crippen LogP contribution < -0.4 is 0 Å². The third-order valence-corrected chi connectivity index (χ3v) is 3.12. The maximum absolute atomic E-state index is 2.54. The quantitative estimate of drug-likeness (QED) is 0.549. The number of hydrogen-bond acceptors (Lipinski definition) is 1. The molecule has 96 valence electrons. The molecule has 0 aliphatic carbocycles. The van der Waals surface area contributed by atoms with Crippen molar-refractivity contribution in [3.8, 4) is 0 Å². The zero-order valence-corrected chi connectivity index (χ0v) is 12.6. The molecule has 0 unspecified atom stereocenters. The van der Waals surface area contributed by atoms with Crippen molar-refractivity contribution in [2.24, 2.45) is 5.41 Å². The van der Waals surface area contributed by atoms with Crippen molar-refractivity contribution in [2.45, 2.75) is 67.3 Å². The Morgan fingerprint density at radius 2 is 1.50 bits per heavy atom. The second kappa shape index (κ2) is 5.86. The van der Waals surface area contributed by atoms with Gasteiger partial charge in [-0.1, -0.05) is 46.3 Å². The lowest BCUT2D eigenvalue weighted by Crippen LogP contribution is -2.44. The average Bonchev–Trinajstić information content (AvgIpc) is 2.18. The molecule has 0 N–H and O–H groups in total. The van der Waals surface area contributed by atoms with Crippen LogP contribution in [-0.2, 0) is 0 Å².